The molecule has 0 spiro atoms. The molecule has 0 unspecified atom stereocenters. The molecule has 2 rings (SSSR count). The fraction of sp³-hybridized carbons (Fsp3) is 0.788. The third kappa shape index (κ3) is 14.2. The van der Waals surface area contributed by atoms with E-state index in [4.69, 9.17) is 14.2 Å². The summed E-state index contributed by atoms with van der Waals surface area (Å²) in [6.07, 6.45) is 16.9. The van der Waals surface area contributed by atoms with E-state index in [1.807, 2.05) is 11.5 Å². The van der Waals surface area contributed by atoms with E-state index >= 15 is 0 Å². The molecule has 0 amide bonds. The molecule has 0 aliphatic rings. The van der Waals surface area contributed by atoms with Gasteiger partial charge in [-0.15, -0.1) is 0 Å². The van der Waals surface area contributed by atoms with Gasteiger partial charge in [-0.1, -0.05) is 78.1 Å². The van der Waals surface area contributed by atoms with Gasteiger partial charge in [-0.2, -0.15) is 0 Å². The Morgan fingerprint density at radius 2 is 1.33 bits per heavy atom. The Morgan fingerprint density at radius 1 is 0.826 bits per heavy atom. The number of esters is 2. The van der Waals surface area contributed by atoms with E-state index in [1.165, 1.54) is 44.9 Å². The number of nitrogens with one attached hydrogen (secondary N) is 2. The highest BCUT2D eigenvalue weighted by molar-refractivity contribution is 7.59. The van der Waals surface area contributed by atoms with Crippen LogP contribution in [0.1, 0.15) is 126 Å². The predicted molar refractivity (Wildman–Crippen MR) is 181 cm³/mol. The summed E-state index contributed by atoms with van der Waals surface area (Å²) in [5.74, 6) is -1.05. The summed E-state index contributed by atoms with van der Waals surface area (Å²) in [7, 11) is -3.75. The number of imidazole rings is 1. The summed E-state index contributed by atoms with van der Waals surface area (Å²) < 4.78 is 33.6. The number of unbranched alkanes of at least 4 members (excludes halogenated alkanes) is 10. The van der Waals surface area contributed by atoms with Crippen molar-refractivity contribution in [3.8, 4) is 0 Å². The second kappa shape index (κ2) is 20.1. The summed E-state index contributed by atoms with van der Waals surface area (Å²) in [6.45, 7) is 13.6. The number of carbonyl (C=O) groups excluding carboxylic acids is 2. The number of ether oxygens (including phenoxy) is 3. The van der Waals surface area contributed by atoms with Crippen LogP contribution in [-0.4, -0.2) is 68.2 Å². The van der Waals surface area contributed by atoms with E-state index in [-0.39, 0.29) is 6.35 Å². The van der Waals surface area contributed by atoms with E-state index in [2.05, 4.69) is 39.0 Å². The van der Waals surface area contributed by atoms with Gasteiger partial charge in [0.25, 0.3) is 0 Å². The molecule has 0 bridgehead atoms. The first-order valence-electron chi connectivity index (χ1n) is 17.1. The average molecular weight is 667 g/mol. The van der Waals surface area contributed by atoms with Crippen LogP contribution in [0, 0.1) is 0 Å². The minimum atomic E-state index is -3.75. The van der Waals surface area contributed by atoms with E-state index in [1.54, 1.807) is 40.2 Å². The quantitative estimate of drug-likeness (QED) is 0.0646. The maximum atomic E-state index is 14.5. The molecular weight excluding hydrogens is 607 g/mol. The van der Waals surface area contributed by atoms with Crippen molar-refractivity contribution in [3.63, 3.8) is 0 Å². The monoisotopic (exact) mass is 666 g/mol. The average Bonchev–Trinajstić information content (AvgIpc) is 3.41. The highest BCUT2D eigenvalue weighted by atomic mass is 31.2. The largest absolute Gasteiger partial charge is 0.464 e. The Labute approximate surface area is 276 Å². The molecule has 0 radical (unpaired) electrons. The summed E-state index contributed by atoms with van der Waals surface area (Å²) in [5, 5.41) is 5.97. The van der Waals surface area contributed by atoms with Crippen molar-refractivity contribution in [2.75, 3.05) is 19.6 Å². The Balaban J connectivity index is 2.06. The summed E-state index contributed by atoms with van der Waals surface area (Å²) in [4.78, 5) is 38.9. The molecule has 2 aromatic rings. The van der Waals surface area contributed by atoms with Crippen molar-refractivity contribution in [1.82, 2.24) is 29.7 Å². The third-order valence-electron chi connectivity index (χ3n) is 7.68. The number of hydrogen-bond donors (Lipinski definition) is 2. The van der Waals surface area contributed by atoms with Gasteiger partial charge in [-0.3, -0.25) is 14.2 Å². The fourth-order valence-corrected chi connectivity index (χ4v) is 7.69. The Bertz CT molecular complexity index is 1190. The number of fused-ring (bicyclic) bond motifs is 1. The van der Waals surface area contributed by atoms with Crippen LogP contribution in [0.5, 0.6) is 0 Å². The molecule has 2 heterocycles. The lowest BCUT2D eigenvalue weighted by atomic mass is 10.1. The molecule has 0 aromatic carbocycles. The Morgan fingerprint density at radius 3 is 1.85 bits per heavy atom. The number of nitrogens with zero attached hydrogens (tertiary/aromatic N) is 4. The van der Waals surface area contributed by atoms with Crippen LogP contribution in [0.3, 0.4) is 0 Å². The summed E-state index contributed by atoms with van der Waals surface area (Å²) in [6, 6.07) is 0. The molecular formula is C33H59N6O6P. The van der Waals surface area contributed by atoms with Gasteiger partial charge in [0.1, 0.15) is 29.3 Å². The van der Waals surface area contributed by atoms with Crippen LogP contribution in [0.4, 0.5) is 0 Å². The molecule has 0 aliphatic heterocycles. The van der Waals surface area contributed by atoms with E-state index < -0.39 is 36.6 Å². The second-order valence-electron chi connectivity index (χ2n) is 13.3. The number of hydrogen-bond acceptors (Lipinski definition) is 9. The Kier molecular flexibility index (Phi) is 17.4. The SMILES string of the molecule is CCCCCCCCOC(=O)C(C)(C)NP(=O)(CO[C@H](C)Cn1cnc2cncnc21)NC(C)(C)C(=O)OCCCCCCCC. The van der Waals surface area contributed by atoms with Crippen molar-refractivity contribution < 1.29 is 28.4 Å². The van der Waals surface area contributed by atoms with Gasteiger partial charge in [0.2, 0.25) is 7.44 Å². The normalized spacial score (nSPS) is 13.2. The second-order valence-corrected chi connectivity index (χ2v) is 15.4. The van der Waals surface area contributed by atoms with Gasteiger partial charge in [-0.25, -0.2) is 25.1 Å². The zero-order chi connectivity index (χ0) is 34.1. The van der Waals surface area contributed by atoms with Crippen LogP contribution >= 0.6 is 7.44 Å². The standard InChI is InChI=1S/C33H59N6O6P/c1-8-10-12-14-16-18-20-43-30(40)32(4,5)37-46(42,38-33(6,7)31(41)44-21-19-17-15-13-11-9-2)26-45-27(3)23-39-25-36-28-22-34-24-35-29(28)39/h22,24-25,27H,8-21,23,26H2,1-7H3,(H2,37,38,42)/t27-/m1/s1. The first-order chi connectivity index (χ1) is 21.8. The first kappa shape index (κ1) is 39.8. The molecule has 0 fully saturated rings. The first-order valence-corrected chi connectivity index (χ1v) is 19.0. The highest BCUT2D eigenvalue weighted by Gasteiger charge is 2.43. The van der Waals surface area contributed by atoms with Crippen molar-refractivity contribution in [2.45, 2.75) is 149 Å². The van der Waals surface area contributed by atoms with Gasteiger partial charge < -0.3 is 18.8 Å². The number of aromatic nitrogens is 4. The van der Waals surface area contributed by atoms with Gasteiger partial charge in [-0.05, 0) is 47.5 Å². The van der Waals surface area contributed by atoms with Crippen molar-refractivity contribution in [1.29, 1.82) is 0 Å². The van der Waals surface area contributed by atoms with Crippen molar-refractivity contribution in [3.05, 3.63) is 18.9 Å². The Hall–Kier alpha value is -2.40. The molecule has 262 valence electrons. The maximum absolute atomic E-state index is 14.5. The van der Waals surface area contributed by atoms with Gasteiger partial charge in [0.05, 0.1) is 38.4 Å². The minimum absolute atomic E-state index is 0.292. The molecule has 2 aromatic heterocycles. The number of carbonyl (C=O) groups is 2. The maximum Gasteiger partial charge on any atom is 0.326 e. The smallest absolute Gasteiger partial charge is 0.326 e. The highest BCUT2D eigenvalue weighted by Crippen LogP contribution is 2.42. The fourth-order valence-electron chi connectivity index (χ4n) is 5.05. The van der Waals surface area contributed by atoms with E-state index in [0.29, 0.717) is 30.9 Å². The van der Waals surface area contributed by atoms with E-state index in [0.717, 1.165) is 38.5 Å². The van der Waals surface area contributed by atoms with Crippen LogP contribution < -0.4 is 10.2 Å². The number of rotatable bonds is 25. The molecule has 13 heteroatoms. The molecule has 0 saturated heterocycles. The van der Waals surface area contributed by atoms with Crippen LogP contribution in [-0.2, 0) is 34.9 Å². The van der Waals surface area contributed by atoms with Crippen molar-refractivity contribution in [2.24, 2.45) is 0 Å². The topological polar surface area (TPSA) is 147 Å². The van der Waals surface area contributed by atoms with Gasteiger partial charge in [0, 0.05) is 0 Å². The zero-order valence-corrected chi connectivity index (χ0v) is 30.2. The molecule has 2 N–H and O–H groups in total. The lowest BCUT2D eigenvalue weighted by molar-refractivity contribution is -0.149. The molecule has 46 heavy (non-hydrogen) atoms. The molecule has 1 atom stereocenters. The summed E-state index contributed by atoms with van der Waals surface area (Å²) in [5.41, 5.74) is -1.33. The minimum Gasteiger partial charge on any atom is -0.464 e. The van der Waals surface area contributed by atoms with Crippen molar-refractivity contribution >= 4 is 30.5 Å². The lowest BCUT2D eigenvalue weighted by Crippen LogP contribution is -2.54. The van der Waals surface area contributed by atoms with Crippen LogP contribution in [0.25, 0.3) is 11.2 Å². The van der Waals surface area contributed by atoms with Crippen LogP contribution in [0.2, 0.25) is 0 Å². The molecule has 0 aliphatic carbocycles. The predicted octanol–water partition coefficient (Wildman–Crippen LogP) is 6.93. The molecule has 0 saturated carbocycles. The summed E-state index contributed by atoms with van der Waals surface area (Å²) >= 11 is 0. The lowest BCUT2D eigenvalue weighted by Gasteiger charge is -2.35. The molecule has 12 nitrogen and oxygen atoms in total. The van der Waals surface area contributed by atoms with Gasteiger partial charge >= 0.3 is 11.9 Å². The zero-order valence-electron chi connectivity index (χ0n) is 29.3. The van der Waals surface area contributed by atoms with Gasteiger partial charge in [0.15, 0.2) is 5.65 Å². The van der Waals surface area contributed by atoms with E-state index in [9.17, 15) is 14.2 Å². The third-order valence-corrected chi connectivity index (χ3v) is 10.0. The van der Waals surface area contributed by atoms with Crippen LogP contribution in [0.15, 0.2) is 18.9 Å².